The Hall–Kier alpha value is 0.270. The van der Waals surface area contributed by atoms with Crippen LogP contribution in [0.3, 0.4) is 0 Å². The average Bonchev–Trinajstić information content (AvgIpc) is 2.37. The van der Waals surface area contributed by atoms with E-state index in [9.17, 15) is 0 Å². The fraction of sp³-hybridized carbons (Fsp3) is 1.00. The van der Waals surface area contributed by atoms with Crippen LogP contribution in [0.2, 0.25) is 0 Å². The van der Waals surface area contributed by atoms with Crippen LogP contribution in [0.1, 0.15) is 46.0 Å². The van der Waals surface area contributed by atoms with Crippen molar-refractivity contribution in [1.29, 1.82) is 0 Å². The number of nitrogens with zero attached hydrogens (tertiary/aromatic N) is 1. The van der Waals surface area contributed by atoms with Gasteiger partial charge in [-0.3, -0.25) is 4.90 Å². The molecule has 2 unspecified atom stereocenters. The fourth-order valence-electron chi connectivity index (χ4n) is 3.02. The van der Waals surface area contributed by atoms with Gasteiger partial charge >= 0.3 is 0 Å². The van der Waals surface area contributed by atoms with E-state index < -0.39 is 0 Å². The highest BCUT2D eigenvalue weighted by Gasteiger charge is 2.22. The standard InChI is InChI=1S/C14H28N2S/c1-12(16-8-9-17-13(2)11-16)10-15-14-6-4-3-5-7-14/h12-15H,3-11H2,1-2H3. The van der Waals surface area contributed by atoms with Crippen LogP contribution < -0.4 is 5.32 Å². The van der Waals surface area contributed by atoms with Gasteiger partial charge in [0.1, 0.15) is 0 Å². The molecule has 1 aliphatic heterocycles. The monoisotopic (exact) mass is 256 g/mol. The summed E-state index contributed by atoms with van der Waals surface area (Å²) in [7, 11) is 0. The Kier molecular flexibility index (Phi) is 5.64. The molecule has 0 radical (unpaired) electrons. The lowest BCUT2D eigenvalue weighted by molar-refractivity contribution is 0.204. The highest BCUT2D eigenvalue weighted by Crippen LogP contribution is 2.20. The van der Waals surface area contributed by atoms with Gasteiger partial charge in [0.05, 0.1) is 0 Å². The maximum absolute atomic E-state index is 3.79. The van der Waals surface area contributed by atoms with Gasteiger partial charge in [-0.1, -0.05) is 26.2 Å². The number of thioether (sulfide) groups is 1. The molecule has 2 nitrogen and oxygen atoms in total. The van der Waals surface area contributed by atoms with Crippen molar-refractivity contribution < 1.29 is 0 Å². The molecule has 1 N–H and O–H groups in total. The molecule has 2 atom stereocenters. The molecule has 0 bridgehead atoms. The molecule has 2 fully saturated rings. The lowest BCUT2D eigenvalue weighted by Crippen LogP contribution is -2.48. The maximum Gasteiger partial charge on any atom is 0.0193 e. The summed E-state index contributed by atoms with van der Waals surface area (Å²) in [5.41, 5.74) is 0. The highest BCUT2D eigenvalue weighted by molar-refractivity contribution is 7.99. The Labute approximate surface area is 111 Å². The summed E-state index contributed by atoms with van der Waals surface area (Å²) in [4.78, 5) is 2.66. The second-order valence-electron chi connectivity index (χ2n) is 5.77. The SMILES string of the molecule is CC1CN(C(C)CNC2CCCCC2)CCS1. The maximum atomic E-state index is 3.79. The number of hydrogen-bond acceptors (Lipinski definition) is 3. The van der Waals surface area contributed by atoms with Crippen LogP contribution in [-0.4, -0.2) is 47.6 Å². The van der Waals surface area contributed by atoms with Gasteiger partial charge in [-0.15, -0.1) is 0 Å². The first-order valence-electron chi connectivity index (χ1n) is 7.34. The van der Waals surface area contributed by atoms with Crippen LogP contribution in [0, 0.1) is 0 Å². The zero-order chi connectivity index (χ0) is 12.1. The quantitative estimate of drug-likeness (QED) is 0.832. The Morgan fingerprint density at radius 1 is 1.29 bits per heavy atom. The lowest BCUT2D eigenvalue weighted by atomic mass is 9.95. The number of nitrogens with one attached hydrogen (secondary N) is 1. The molecule has 2 rings (SSSR count). The van der Waals surface area contributed by atoms with E-state index in [0.717, 1.165) is 11.3 Å². The van der Waals surface area contributed by atoms with Crippen molar-refractivity contribution in [2.75, 3.05) is 25.4 Å². The minimum Gasteiger partial charge on any atom is -0.312 e. The predicted molar refractivity (Wildman–Crippen MR) is 77.8 cm³/mol. The van der Waals surface area contributed by atoms with Crippen LogP contribution in [-0.2, 0) is 0 Å². The second kappa shape index (κ2) is 7.01. The van der Waals surface area contributed by atoms with E-state index in [1.165, 1.54) is 57.5 Å². The number of rotatable bonds is 4. The van der Waals surface area contributed by atoms with E-state index in [2.05, 4.69) is 35.8 Å². The van der Waals surface area contributed by atoms with E-state index >= 15 is 0 Å². The van der Waals surface area contributed by atoms with Crippen molar-refractivity contribution in [3.63, 3.8) is 0 Å². The average molecular weight is 256 g/mol. The zero-order valence-corrected chi connectivity index (χ0v) is 12.3. The Morgan fingerprint density at radius 3 is 2.76 bits per heavy atom. The molecule has 1 aliphatic carbocycles. The summed E-state index contributed by atoms with van der Waals surface area (Å²) in [5.74, 6) is 1.31. The van der Waals surface area contributed by atoms with Crippen molar-refractivity contribution in [2.24, 2.45) is 0 Å². The Bertz CT molecular complexity index is 216. The minimum atomic E-state index is 0.709. The van der Waals surface area contributed by atoms with Crippen molar-refractivity contribution in [1.82, 2.24) is 10.2 Å². The first-order valence-corrected chi connectivity index (χ1v) is 8.39. The Morgan fingerprint density at radius 2 is 2.06 bits per heavy atom. The molecule has 3 heteroatoms. The first kappa shape index (κ1) is 13.7. The van der Waals surface area contributed by atoms with Crippen LogP contribution in [0.5, 0.6) is 0 Å². The fourth-order valence-corrected chi connectivity index (χ4v) is 4.06. The van der Waals surface area contributed by atoms with Crippen molar-refractivity contribution in [3.05, 3.63) is 0 Å². The van der Waals surface area contributed by atoms with Crippen LogP contribution in [0.15, 0.2) is 0 Å². The number of hydrogen-bond donors (Lipinski definition) is 1. The van der Waals surface area contributed by atoms with Gasteiger partial charge in [0.15, 0.2) is 0 Å². The van der Waals surface area contributed by atoms with Gasteiger partial charge in [-0.2, -0.15) is 11.8 Å². The highest BCUT2D eigenvalue weighted by atomic mass is 32.2. The van der Waals surface area contributed by atoms with Crippen LogP contribution >= 0.6 is 11.8 Å². The van der Waals surface area contributed by atoms with Crippen molar-refractivity contribution in [2.45, 2.75) is 63.3 Å². The molecule has 0 aromatic heterocycles. The van der Waals surface area contributed by atoms with Gasteiger partial charge in [-0.25, -0.2) is 0 Å². The van der Waals surface area contributed by atoms with E-state index in [1.54, 1.807) is 0 Å². The predicted octanol–water partition coefficient (Wildman–Crippen LogP) is 2.73. The largest absolute Gasteiger partial charge is 0.312 e. The molecule has 1 heterocycles. The van der Waals surface area contributed by atoms with Gasteiger partial charge < -0.3 is 5.32 Å². The molecule has 0 aromatic carbocycles. The lowest BCUT2D eigenvalue weighted by Gasteiger charge is -2.36. The van der Waals surface area contributed by atoms with E-state index in [0.29, 0.717) is 6.04 Å². The molecule has 0 amide bonds. The van der Waals surface area contributed by atoms with Gasteiger partial charge in [0.25, 0.3) is 0 Å². The topological polar surface area (TPSA) is 15.3 Å². The molecular formula is C14H28N2S. The first-order chi connectivity index (χ1) is 8.25. The summed E-state index contributed by atoms with van der Waals surface area (Å²) in [5, 5.41) is 4.61. The smallest absolute Gasteiger partial charge is 0.0193 e. The molecule has 1 saturated heterocycles. The summed E-state index contributed by atoms with van der Waals surface area (Å²) >= 11 is 2.12. The molecule has 1 saturated carbocycles. The summed E-state index contributed by atoms with van der Waals surface area (Å²) in [6.45, 7) is 8.49. The van der Waals surface area contributed by atoms with E-state index in [1.807, 2.05) is 0 Å². The molecule has 0 spiro atoms. The molecule has 17 heavy (non-hydrogen) atoms. The van der Waals surface area contributed by atoms with Crippen LogP contribution in [0.25, 0.3) is 0 Å². The molecule has 100 valence electrons. The molecule has 0 aromatic rings. The Balaban J connectivity index is 1.67. The third kappa shape index (κ3) is 4.46. The van der Waals surface area contributed by atoms with Gasteiger partial charge in [0.2, 0.25) is 0 Å². The molecular weight excluding hydrogens is 228 g/mol. The van der Waals surface area contributed by atoms with E-state index in [-0.39, 0.29) is 0 Å². The third-order valence-corrected chi connectivity index (χ3v) is 5.34. The third-order valence-electron chi connectivity index (χ3n) is 4.20. The van der Waals surface area contributed by atoms with E-state index in [4.69, 9.17) is 0 Å². The zero-order valence-electron chi connectivity index (χ0n) is 11.5. The normalized spacial score (nSPS) is 30.4. The summed E-state index contributed by atoms with van der Waals surface area (Å²) in [6.07, 6.45) is 7.12. The second-order valence-corrected chi connectivity index (χ2v) is 7.31. The summed E-state index contributed by atoms with van der Waals surface area (Å²) in [6, 6.07) is 1.52. The van der Waals surface area contributed by atoms with Gasteiger partial charge in [0, 0.05) is 42.7 Å². The minimum absolute atomic E-state index is 0.709. The van der Waals surface area contributed by atoms with Gasteiger partial charge in [-0.05, 0) is 19.8 Å². The van der Waals surface area contributed by atoms with Crippen molar-refractivity contribution in [3.8, 4) is 0 Å². The van der Waals surface area contributed by atoms with Crippen molar-refractivity contribution >= 4 is 11.8 Å². The van der Waals surface area contributed by atoms with Crippen LogP contribution in [0.4, 0.5) is 0 Å². The summed E-state index contributed by atoms with van der Waals surface area (Å²) < 4.78 is 0. The molecule has 2 aliphatic rings.